The van der Waals surface area contributed by atoms with Crippen molar-refractivity contribution < 1.29 is 14.3 Å². The number of cyclic esters (lactones) is 2. The maximum absolute atomic E-state index is 11.3. The van der Waals surface area contributed by atoms with E-state index in [0.717, 1.165) is 25.7 Å². The zero-order valence-electron chi connectivity index (χ0n) is 8.49. The largest absolute Gasteiger partial charge is 0.393 e. The van der Waals surface area contributed by atoms with E-state index in [1.807, 2.05) is 0 Å². The summed E-state index contributed by atoms with van der Waals surface area (Å²) in [6.45, 7) is 2.16. The fourth-order valence-electron chi connectivity index (χ4n) is 2.72. The van der Waals surface area contributed by atoms with Gasteiger partial charge in [-0.25, -0.2) is 0 Å². The Morgan fingerprint density at radius 1 is 1.21 bits per heavy atom. The van der Waals surface area contributed by atoms with Gasteiger partial charge in [0.1, 0.15) is 0 Å². The van der Waals surface area contributed by atoms with Crippen molar-refractivity contribution in [2.75, 3.05) is 0 Å². The summed E-state index contributed by atoms with van der Waals surface area (Å²) < 4.78 is 4.66. The summed E-state index contributed by atoms with van der Waals surface area (Å²) in [7, 11) is 0. The Hall–Kier alpha value is -0.860. The summed E-state index contributed by atoms with van der Waals surface area (Å²) >= 11 is 0. The lowest BCUT2D eigenvalue weighted by atomic mass is 9.74. The zero-order valence-corrected chi connectivity index (χ0v) is 8.49. The average molecular weight is 196 g/mol. The Morgan fingerprint density at radius 3 is 2.64 bits per heavy atom. The van der Waals surface area contributed by atoms with Crippen LogP contribution in [-0.2, 0) is 14.3 Å². The highest BCUT2D eigenvalue weighted by Gasteiger charge is 2.47. The lowest BCUT2D eigenvalue weighted by Gasteiger charge is -2.27. The minimum Gasteiger partial charge on any atom is -0.393 e. The highest BCUT2D eigenvalue weighted by molar-refractivity contribution is 5.96. The second-order valence-electron chi connectivity index (χ2n) is 4.42. The highest BCUT2D eigenvalue weighted by atomic mass is 16.6. The Balaban J connectivity index is 2.02. The molecule has 0 N–H and O–H groups in total. The molecule has 1 aliphatic carbocycles. The third kappa shape index (κ3) is 1.56. The number of carbonyl (C=O) groups excluding carboxylic acids is 2. The molecule has 1 saturated carbocycles. The number of hydrogen-bond acceptors (Lipinski definition) is 3. The molecule has 0 spiro atoms. The molecule has 1 saturated heterocycles. The first-order valence-corrected chi connectivity index (χ1v) is 5.48. The first-order chi connectivity index (χ1) is 6.72. The van der Waals surface area contributed by atoms with Gasteiger partial charge in [-0.05, 0) is 25.2 Å². The third-order valence-electron chi connectivity index (χ3n) is 3.46. The molecule has 3 nitrogen and oxygen atoms in total. The lowest BCUT2D eigenvalue weighted by Crippen LogP contribution is -2.26. The predicted molar refractivity (Wildman–Crippen MR) is 50.3 cm³/mol. The maximum Gasteiger partial charge on any atom is 0.317 e. The van der Waals surface area contributed by atoms with Crippen molar-refractivity contribution >= 4 is 11.9 Å². The standard InChI is InChI=1S/C11H16O3/c1-2-3-7-4-5-8-9(6-7)11(13)14-10(8)12/h7-9H,2-6H2,1H3. The summed E-state index contributed by atoms with van der Waals surface area (Å²) in [4.78, 5) is 22.6. The van der Waals surface area contributed by atoms with E-state index in [1.54, 1.807) is 0 Å². The van der Waals surface area contributed by atoms with Crippen LogP contribution in [0.25, 0.3) is 0 Å². The predicted octanol–water partition coefficient (Wildman–Crippen LogP) is 1.90. The minimum atomic E-state index is -0.282. The molecule has 0 amide bonds. The lowest BCUT2D eigenvalue weighted by molar-refractivity contribution is -0.153. The van der Waals surface area contributed by atoms with Crippen molar-refractivity contribution in [2.24, 2.45) is 17.8 Å². The molecule has 1 heterocycles. The molecule has 2 rings (SSSR count). The summed E-state index contributed by atoms with van der Waals surface area (Å²) in [5.41, 5.74) is 0. The van der Waals surface area contributed by atoms with Crippen LogP contribution in [0, 0.1) is 17.8 Å². The van der Waals surface area contributed by atoms with E-state index in [0.29, 0.717) is 5.92 Å². The van der Waals surface area contributed by atoms with Crippen molar-refractivity contribution in [3.63, 3.8) is 0 Å². The summed E-state index contributed by atoms with van der Waals surface area (Å²) in [5, 5.41) is 0. The van der Waals surface area contributed by atoms with Gasteiger partial charge >= 0.3 is 11.9 Å². The van der Waals surface area contributed by atoms with Crippen LogP contribution in [0.4, 0.5) is 0 Å². The summed E-state index contributed by atoms with van der Waals surface area (Å²) in [6.07, 6.45) is 5.12. The molecule has 14 heavy (non-hydrogen) atoms. The fourth-order valence-corrected chi connectivity index (χ4v) is 2.72. The number of esters is 2. The minimum absolute atomic E-state index is 0.115. The van der Waals surface area contributed by atoms with Crippen LogP contribution >= 0.6 is 0 Å². The number of hydrogen-bond donors (Lipinski definition) is 0. The number of ether oxygens (including phenoxy) is 1. The maximum atomic E-state index is 11.3. The molecule has 2 fully saturated rings. The second-order valence-corrected chi connectivity index (χ2v) is 4.42. The van der Waals surface area contributed by atoms with E-state index in [-0.39, 0.29) is 23.8 Å². The molecule has 78 valence electrons. The van der Waals surface area contributed by atoms with E-state index in [2.05, 4.69) is 11.7 Å². The van der Waals surface area contributed by atoms with Gasteiger partial charge in [0.2, 0.25) is 0 Å². The van der Waals surface area contributed by atoms with Gasteiger partial charge in [-0.3, -0.25) is 9.59 Å². The molecule has 3 atom stereocenters. The molecule has 0 aromatic rings. The van der Waals surface area contributed by atoms with E-state index in [9.17, 15) is 9.59 Å². The van der Waals surface area contributed by atoms with Gasteiger partial charge in [-0.1, -0.05) is 19.8 Å². The van der Waals surface area contributed by atoms with E-state index >= 15 is 0 Å². The van der Waals surface area contributed by atoms with Crippen LogP contribution in [-0.4, -0.2) is 11.9 Å². The van der Waals surface area contributed by atoms with Crippen LogP contribution in [0.1, 0.15) is 39.0 Å². The van der Waals surface area contributed by atoms with Crippen molar-refractivity contribution in [3.8, 4) is 0 Å². The molecule has 0 aromatic heterocycles. The third-order valence-corrected chi connectivity index (χ3v) is 3.46. The number of fused-ring (bicyclic) bond motifs is 1. The number of carbonyl (C=O) groups is 2. The van der Waals surface area contributed by atoms with Gasteiger partial charge in [0.05, 0.1) is 11.8 Å². The van der Waals surface area contributed by atoms with Gasteiger partial charge in [-0.2, -0.15) is 0 Å². The average Bonchev–Trinajstić information content (AvgIpc) is 2.43. The van der Waals surface area contributed by atoms with E-state index in [4.69, 9.17) is 0 Å². The van der Waals surface area contributed by atoms with Gasteiger partial charge in [0, 0.05) is 0 Å². The molecule has 0 aromatic carbocycles. The van der Waals surface area contributed by atoms with Crippen molar-refractivity contribution in [1.29, 1.82) is 0 Å². The summed E-state index contributed by atoms with van der Waals surface area (Å²) in [6, 6.07) is 0. The van der Waals surface area contributed by atoms with Gasteiger partial charge in [0.25, 0.3) is 0 Å². The molecule has 3 unspecified atom stereocenters. The topological polar surface area (TPSA) is 43.4 Å². The van der Waals surface area contributed by atoms with Gasteiger partial charge < -0.3 is 4.74 Å². The molecular formula is C11H16O3. The first kappa shape index (κ1) is 9.69. The molecule has 0 bridgehead atoms. The Bertz CT molecular complexity index is 259. The fraction of sp³-hybridized carbons (Fsp3) is 0.818. The van der Waals surface area contributed by atoms with Crippen molar-refractivity contribution in [3.05, 3.63) is 0 Å². The number of rotatable bonds is 2. The van der Waals surface area contributed by atoms with Gasteiger partial charge in [0.15, 0.2) is 0 Å². The first-order valence-electron chi connectivity index (χ1n) is 5.48. The second kappa shape index (κ2) is 3.71. The normalized spacial score (nSPS) is 36.8. The van der Waals surface area contributed by atoms with Crippen molar-refractivity contribution in [2.45, 2.75) is 39.0 Å². The van der Waals surface area contributed by atoms with E-state index < -0.39 is 0 Å². The monoisotopic (exact) mass is 196 g/mol. The van der Waals surface area contributed by atoms with Crippen molar-refractivity contribution in [1.82, 2.24) is 0 Å². The molecule has 0 radical (unpaired) electrons. The molecular weight excluding hydrogens is 180 g/mol. The van der Waals surface area contributed by atoms with Gasteiger partial charge in [-0.15, -0.1) is 0 Å². The van der Waals surface area contributed by atoms with Crippen LogP contribution in [0.3, 0.4) is 0 Å². The van der Waals surface area contributed by atoms with Crippen LogP contribution < -0.4 is 0 Å². The molecule has 3 heteroatoms. The van der Waals surface area contributed by atoms with Crippen LogP contribution in [0.15, 0.2) is 0 Å². The Labute approximate surface area is 83.8 Å². The summed E-state index contributed by atoms with van der Waals surface area (Å²) in [5.74, 6) is -0.168. The van der Waals surface area contributed by atoms with Crippen LogP contribution in [0.5, 0.6) is 0 Å². The molecule has 2 aliphatic rings. The van der Waals surface area contributed by atoms with Crippen LogP contribution in [0.2, 0.25) is 0 Å². The Morgan fingerprint density at radius 2 is 1.93 bits per heavy atom. The zero-order chi connectivity index (χ0) is 10.1. The highest BCUT2D eigenvalue weighted by Crippen LogP contribution is 2.40. The smallest absolute Gasteiger partial charge is 0.317 e. The SMILES string of the molecule is CCCC1CCC2C(=O)OC(=O)C2C1. The Kier molecular flexibility index (Phi) is 2.57. The molecule has 1 aliphatic heterocycles. The quantitative estimate of drug-likeness (QED) is 0.500. The van der Waals surface area contributed by atoms with E-state index in [1.165, 1.54) is 6.42 Å².